The van der Waals surface area contributed by atoms with Crippen molar-refractivity contribution in [3.05, 3.63) is 77.2 Å². The molecular formula is C24H25FN2O3. The van der Waals surface area contributed by atoms with Gasteiger partial charge >= 0.3 is 5.97 Å². The zero-order valence-corrected chi connectivity index (χ0v) is 17.5. The Morgan fingerprint density at radius 1 is 1.00 bits per heavy atom. The third-order valence-corrected chi connectivity index (χ3v) is 4.93. The second-order valence-electron chi connectivity index (χ2n) is 7.60. The van der Waals surface area contributed by atoms with Crippen molar-refractivity contribution in [2.45, 2.75) is 45.8 Å². The number of benzene rings is 2. The fourth-order valence-corrected chi connectivity index (χ4v) is 3.10. The molecule has 0 radical (unpaired) electrons. The molecule has 0 aliphatic rings. The molecule has 2 unspecified atom stereocenters. The molecule has 1 heterocycles. The molecule has 0 saturated heterocycles. The Morgan fingerprint density at radius 2 is 1.67 bits per heavy atom. The molecule has 3 rings (SSSR count). The average Bonchev–Trinajstić information content (AvgIpc) is 2.73. The van der Waals surface area contributed by atoms with Gasteiger partial charge in [0.2, 0.25) is 0 Å². The van der Waals surface area contributed by atoms with Crippen molar-refractivity contribution in [1.29, 1.82) is 0 Å². The largest absolute Gasteiger partial charge is 0.449 e. The van der Waals surface area contributed by atoms with Gasteiger partial charge in [0.1, 0.15) is 5.82 Å². The molecule has 1 aromatic heterocycles. The van der Waals surface area contributed by atoms with Gasteiger partial charge in [0.25, 0.3) is 5.91 Å². The molecule has 0 aliphatic carbocycles. The number of aromatic nitrogens is 1. The SMILES string of the molecule is CC(OC(=O)c1cc(C(C)C)nc2ccccc12)C(=O)NC(C)c1ccc(F)cc1. The van der Waals surface area contributed by atoms with Gasteiger partial charge in [0, 0.05) is 11.1 Å². The van der Waals surface area contributed by atoms with Gasteiger partial charge in [-0.25, -0.2) is 9.18 Å². The number of hydrogen-bond donors (Lipinski definition) is 1. The van der Waals surface area contributed by atoms with Crippen molar-refractivity contribution in [3.63, 3.8) is 0 Å². The monoisotopic (exact) mass is 408 g/mol. The number of carbonyl (C=O) groups excluding carboxylic acids is 2. The standard InChI is InChI=1S/C24H25FN2O3/c1-14(2)22-13-20(19-7-5-6-8-21(19)27-22)24(29)30-16(4)23(28)26-15(3)17-9-11-18(25)12-10-17/h5-16H,1-4H3,(H,26,28). The van der Waals surface area contributed by atoms with E-state index in [9.17, 15) is 14.0 Å². The first-order chi connectivity index (χ1) is 14.3. The van der Waals surface area contributed by atoms with Crippen molar-refractivity contribution < 1.29 is 18.7 Å². The quantitative estimate of drug-likeness (QED) is 0.588. The number of esters is 1. The Bertz CT molecular complexity index is 1060. The third kappa shape index (κ3) is 4.82. The Hall–Kier alpha value is -3.28. The molecule has 1 N–H and O–H groups in total. The van der Waals surface area contributed by atoms with Gasteiger partial charge in [-0.2, -0.15) is 0 Å². The van der Waals surface area contributed by atoms with Crippen LogP contribution in [0.5, 0.6) is 0 Å². The Balaban J connectivity index is 1.75. The fourth-order valence-electron chi connectivity index (χ4n) is 3.10. The maximum atomic E-state index is 13.1. The number of fused-ring (bicyclic) bond motifs is 1. The summed E-state index contributed by atoms with van der Waals surface area (Å²) in [6.07, 6.45) is -0.991. The lowest BCUT2D eigenvalue weighted by atomic mass is 10.0. The minimum Gasteiger partial charge on any atom is -0.449 e. The molecule has 0 bridgehead atoms. The number of amides is 1. The molecule has 2 aromatic carbocycles. The summed E-state index contributed by atoms with van der Waals surface area (Å²) in [5.74, 6) is -1.21. The summed E-state index contributed by atoms with van der Waals surface area (Å²) in [5, 5.41) is 3.47. The number of nitrogens with zero attached hydrogens (tertiary/aromatic N) is 1. The van der Waals surface area contributed by atoms with E-state index < -0.39 is 18.0 Å². The topological polar surface area (TPSA) is 68.3 Å². The Kier molecular flexibility index (Phi) is 6.45. The van der Waals surface area contributed by atoms with E-state index in [1.807, 2.05) is 38.1 Å². The predicted molar refractivity (Wildman–Crippen MR) is 114 cm³/mol. The summed E-state index contributed by atoms with van der Waals surface area (Å²) >= 11 is 0. The lowest BCUT2D eigenvalue weighted by Gasteiger charge is -2.19. The zero-order chi connectivity index (χ0) is 21.8. The first-order valence-electron chi connectivity index (χ1n) is 9.92. The molecule has 2 atom stereocenters. The van der Waals surface area contributed by atoms with E-state index in [0.717, 1.165) is 11.3 Å². The molecule has 0 spiro atoms. The molecule has 156 valence electrons. The molecule has 0 saturated carbocycles. The minimum atomic E-state index is -0.991. The number of hydrogen-bond acceptors (Lipinski definition) is 4. The highest BCUT2D eigenvalue weighted by atomic mass is 19.1. The van der Waals surface area contributed by atoms with E-state index in [1.165, 1.54) is 19.1 Å². The van der Waals surface area contributed by atoms with E-state index in [-0.39, 0.29) is 17.8 Å². The first kappa shape index (κ1) is 21.4. The number of nitrogens with one attached hydrogen (secondary N) is 1. The van der Waals surface area contributed by atoms with Crippen molar-refractivity contribution in [2.75, 3.05) is 0 Å². The normalized spacial score (nSPS) is 13.1. The Morgan fingerprint density at radius 3 is 2.33 bits per heavy atom. The molecule has 3 aromatic rings. The smallest absolute Gasteiger partial charge is 0.339 e. The van der Waals surface area contributed by atoms with Crippen molar-refractivity contribution >= 4 is 22.8 Å². The summed E-state index contributed by atoms with van der Waals surface area (Å²) < 4.78 is 18.5. The molecular weight excluding hydrogens is 383 g/mol. The van der Waals surface area contributed by atoms with Gasteiger partial charge in [-0.05, 0) is 49.6 Å². The average molecular weight is 408 g/mol. The highest BCUT2D eigenvalue weighted by Gasteiger charge is 2.23. The maximum absolute atomic E-state index is 13.1. The number of halogens is 1. The summed E-state index contributed by atoms with van der Waals surface area (Å²) in [7, 11) is 0. The van der Waals surface area contributed by atoms with E-state index in [4.69, 9.17) is 4.74 Å². The van der Waals surface area contributed by atoms with Crippen molar-refractivity contribution in [1.82, 2.24) is 10.3 Å². The lowest BCUT2D eigenvalue weighted by Crippen LogP contribution is -2.37. The number of ether oxygens (including phenoxy) is 1. The number of rotatable bonds is 6. The molecule has 6 heteroatoms. The van der Waals surface area contributed by atoms with Gasteiger partial charge in [0.15, 0.2) is 6.10 Å². The summed E-state index contributed by atoms with van der Waals surface area (Å²) in [4.78, 5) is 30.0. The van der Waals surface area contributed by atoms with Crippen LogP contribution in [-0.4, -0.2) is 23.0 Å². The predicted octanol–water partition coefficient (Wildman–Crippen LogP) is 4.92. The summed E-state index contributed by atoms with van der Waals surface area (Å²) in [6.45, 7) is 7.31. The van der Waals surface area contributed by atoms with E-state index in [0.29, 0.717) is 16.5 Å². The van der Waals surface area contributed by atoms with E-state index in [1.54, 1.807) is 25.1 Å². The summed E-state index contributed by atoms with van der Waals surface area (Å²) in [6, 6.07) is 14.6. The van der Waals surface area contributed by atoms with Crippen LogP contribution in [-0.2, 0) is 9.53 Å². The first-order valence-corrected chi connectivity index (χ1v) is 9.92. The molecule has 30 heavy (non-hydrogen) atoms. The second-order valence-corrected chi connectivity index (χ2v) is 7.60. The lowest BCUT2D eigenvalue weighted by molar-refractivity contribution is -0.129. The van der Waals surface area contributed by atoms with Crippen LogP contribution < -0.4 is 5.32 Å². The molecule has 5 nitrogen and oxygen atoms in total. The second kappa shape index (κ2) is 9.03. The van der Waals surface area contributed by atoms with Gasteiger partial charge < -0.3 is 10.1 Å². The van der Waals surface area contributed by atoms with Gasteiger partial charge in [-0.1, -0.05) is 44.2 Å². The van der Waals surface area contributed by atoms with E-state index in [2.05, 4.69) is 10.3 Å². The highest BCUT2D eigenvalue weighted by Crippen LogP contribution is 2.23. The zero-order valence-electron chi connectivity index (χ0n) is 17.5. The highest BCUT2D eigenvalue weighted by molar-refractivity contribution is 6.04. The van der Waals surface area contributed by atoms with Crippen molar-refractivity contribution in [3.8, 4) is 0 Å². The van der Waals surface area contributed by atoms with Gasteiger partial charge in [-0.15, -0.1) is 0 Å². The van der Waals surface area contributed by atoms with Crippen LogP contribution in [0.15, 0.2) is 54.6 Å². The van der Waals surface area contributed by atoms with Crippen molar-refractivity contribution in [2.24, 2.45) is 0 Å². The Labute approximate surface area is 175 Å². The minimum absolute atomic E-state index is 0.137. The van der Waals surface area contributed by atoms with Crippen LogP contribution in [0.25, 0.3) is 10.9 Å². The number of carbonyl (C=O) groups is 2. The van der Waals surface area contributed by atoms with Crippen LogP contribution in [0.2, 0.25) is 0 Å². The van der Waals surface area contributed by atoms with Crippen LogP contribution in [0.4, 0.5) is 4.39 Å². The van der Waals surface area contributed by atoms with Crippen LogP contribution in [0.3, 0.4) is 0 Å². The number of pyridine rings is 1. The van der Waals surface area contributed by atoms with Gasteiger partial charge in [0.05, 0.1) is 17.1 Å². The fraction of sp³-hybridized carbons (Fsp3) is 0.292. The van der Waals surface area contributed by atoms with E-state index >= 15 is 0 Å². The summed E-state index contributed by atoms with van der Waals surface area (Å²) in [5.41, 5.74) is 2.63. The van der Waals surface area contributed by atoms with Crippen LogP contribution in [0, 0.1) is 5.82 Å². The molecule has 1 amide bonds. The molecule has 0 aliphatic heterocycles. The van der Waals surface area contributed by atoms with Crippen LogP contribution >= 0.6 is 0 Å². The number of para-hydroxylation sites is 1. The van der Waals surface area contributed by atoms with Gasteiger partial charge in [-0.3, -0.25) is 9.78 Å². The van der Waals surface area contributed by atoms with Crippen LogP contribution in [0.1, 0.15) is 61.3 Å². The third-order valence-electron chi connectivity index (χ3n) is 4.93. The maximum Gasteiger partial charge on any atom is 0.339 e. The molecule has 0 fully saturated rings.